The average Bonchev–Trinajstić information content (AvgIpc) is 2.52. The Morgan fingerprint density at radius 2 is 2.33 bits per heavy atom. The molecule has 0 atom stereocenters. The van der Waals surface area contributed by atoms with Crippen LogP contribution in [0.25, 0.3) is 10.2 Å². The van der Waals surface area contributed by atoms with E-state index in [1.54, 1.807) is 0 Å². The zero-order valence-electron chi connectivity index (χ0n) is 6.02. The Hall–Kier alpha value is -1.49. The molecule has 2 aromatic rings. The average molecular weight is 179 g/mol. The van der Waals surface area contributed by atoms with Crippen LogP contribution in [0.5, 0.6) is 0 Å². The van der Waals surface area contributed by atoms with Crippen molar-refractivity contribution in [3.05, 3.63) is 17.3 Å². The Morgan fingerprint density at radius 1 is 1.50 bits per heavy atom. The molecule has 5 heteroatoms. The van der Waals surface area contributed by atoms with Crippen LogP contribution in [-0.2, 0) is 0 Å². The highest BCUT2D eigenvalue weighted by atomic mass is 32.1. The van der Waals surface area contributed by atoms with Gasteiger partial charge in [0.15, 0.2) is 12.1 Å². The molecule has 2 heterocycles. The van der Waals surface area contributed by atoms with Gasteiger partial charge in [0, 0.05) is 0 Å². The summed E-state index contributed by atoms with van der Waals surface area (Å²) >= 11 is 1.47. The molecular formula is C7H5N3OS. The summed E-state index contributed by atoms with van der Waals surface area (Å²) in [7, 11) is 0. The van der Waals surface area contributed by atoms with Crippen molar-refractivity contribution in [1.29, 1.82) is 0 Å². The lowest BCUT2D eigenvalue weighted by Gasteiger charge is -1.94. The minimum atomic E-state index is 0.137. The monoisotopic (exact) mass is 179 g/mol. The Balaban J connectivity index is 2.83. The fourth-order valence-electron chi connectivity index (χ4n) is 0.957. The molecule has 0 saturated heterocycles. The van der Waals surface area contributed by atoms with E-state index in [4.69, 9.17) is 5.73 Å². The van der Waals surface area contributed by atoms with Crippen molar-refractivity contribution in [3.63, 3.8) is 0 Å². The molecule has 0 aromatic carbocycles. The van der Waals surface area contributed by atoms with Crippen LogP contribution in [0.15, 0.2) is 11.4 Å². The largest absolute Gasteiger partial charge is 0.382 e. The van der Waals surface area contributed by atoms with Gasteiger partial charge in [-0.1, -0.05) is 0 Å². The second-order valence-electron chi connectivity index (χ2n) is 2.22. The van der Waals surface area contributed by atoms with Gasteiger partial charge in [0.1, 0.15) is 5.82 Å². The summed E-state index contributed by atoms with van der Waals surface area (Å²) in [5.74, 6) is 0.510. The van der Waals surface area contributed by atoms with Crippen molar-refractivity contribution in [2.45, 2.75) is 0 Å². The second-order valence-corrected chi connectivity index (χ2v) is 3.14. The van der Waals surface area contributed by atoms with Gasteiger partial charge in [-0.15, -0.1) is 11.3 Å². The van der Waals surface area contributed by atoms with E-state index >= 15 is 0 Å². The molecule has 12 heavy (non-hydrogen) atoms. The predicted octanol–water partition coefficient (Wildman–Crippen LogP) is 1.09. The topological polar surface area (TPSA) is 68.9 Å². The third-order valence-corrected chi connectivity index (χ3v) is 2.38. The maximum absolute atomic E-state index is 10.3. The zero-order valence-corrected chi connectivity index (χ0v) is 6.84. The van der Waals surface area contributed by atoms with Crippen LogP contribution in [-0.4, -0.2) is 16.3 Å². The number of fused-ring (bicyclic) bond motifs is 1. The van der Waals surface area contributed by atoms with Crippen LogP contribution in [0.3, 0.4) is 0 Å². The van der Waals surface area contributed by atoms with Crippen LogP contribution < -0.4 is 5.73 Å². The highest BCUT2D eigenvalue weighted by molar-refractivity contribution is 7.17. The third kappa shape index (κ3) is 0.947. The summed E-state index contributed by atoms with van der Waals surface area (Å²) < 4.78 is 0.834. The minimum absolute atomic E-state index is 0.137. The van der Waals surface area contributed by atoms with Crippen molar-refractivity contribution >= 4 is 33.7 Å². The van der Waals surface area contributed by atoms with Crippen molar-refractivity contribution in [2.75, 3.05) is 5.73 Å². The summed E-state index contributed by atoms with van der Waals surface area (Å²) in [6.45, 7) is 0. The standard InChI is InChI=1S/C7H5N3OS/c8-7-6-4(1-2-12-6)9-5(3-11)10-7/h1-3H,(H2,8,9,10). The summed E-state index contributed by atoms with van der Waals surface area (Å²) in [5.41, 5.74) is 6.31. The number of nitrogens with zero attached hydrogens (tertiary/aromatic N) is 2. The lowest BCUT2D eigenvalue weighted by Crippen LogP contribution is -1.97. The first-order chi connectivity index (χ1) is 5.81. The number of aldehydes is 1. The molecule has 0 spiro atoms. The third-order valence-electron chi connectivity index (χ3n) is 1.45. The quantitative estimate of drug-likeness (QED) is 0.665. The van der Waals surface area contributed by atoms with Gasteiger partial charge in [-0.2, -0.15) is 0 Å². The molecule has 0 amide bonds. The summed E-state index contributed by atoms with van der Waals surface area (Å²) in [6, 6.07) is 1.81. The molecular weight excluding hydrogens is 174 g/mol. The highest BCUT2D eigenvalue weighted by Crippen LogP contribution is 2.22. The number of nitrogens with two attached hydrogens (primary N) is 1. The summed E-state index contributed by atoms with van der Waals surface area (Å²) in [6.07, 6.45) is 0.591. The molecule has 0 aliphatic heterocycles. The first-order valence-corrected chi connectivity index (χ1v) is 4.15. The normalized spacial score (nSPS) is 10.3. The molecule has 0 fully saturated rings. The summed E-state index contributed by atoms with van der Waals surface area (Å²) in [5, 5.41) is 1.87. The molecule has 2 N–H and O–H groups in total. The number of hydrogen-bond acceptors (Lipinski definition) is 5. The lowest BCUT2D eigenvalue weighted by molar-refractivity contribution is 0.111. The molecule has 0 unspecified atom stereocenters. The summed E-state index contributed by atoms with van der Waals surface area (Å²) in [4.78, 5) is 18.1. The Morgan fingerprint density at radius 3 is 3.08 bits per heavy atom. The van der Waals surface area contributed by atoms with Crippen molar-refractivity contribution in [2.24, 2.45) is 0 Å². The van der Waals surface area contributed by atoms with Crippen molar-refractivity contribution in [3.8, 4) is 0 Å². The number of carbonyl (C=O) groups excluding carboxylic acids is 1. The number of hydrogen-bond donors (Lipinski definition) is 1. The Bertz CT molecular complexity index is 437. The number of nitrogen functional groups attached to an aromatic ring is 1. The van der Waals surface area contributed by atoms with E-state index in [2.05, 4.69) is 9.97 Å². The molecule has 0 radical (unpaired) electrons. The molecule has 0 aliphatic carbocycles. The van der Waals surface area contributed by atoms with E-state index in [1.807, 2.05) is 11.4 Å². The van der Waals surface area contributed by atoms with Gasteiger partial charge in [0.2, 0.25) is 0 Å². The smallest absolute Gasteiger partial charge is 0.195 e. The molecule has 4 nitrogen and oxygen atoms in total. The van der Waals surface area contributed by atoms with Gasteiger partial charge in [0.25, 0.3) is 0 Å². The zero-order chi connectivity index (χ0) is 8.55. The molecule has 2 rings (SSSR count). The van der Waals surface area contributed by atoms with Crippen molar-refractivity contribution < 1.29 is 4.79 Å². The van der Waals surface area contributed by atoms with Gasteiger partial charge in [-0.25, -0.2) is 9.97 Å². The number of aromatic nitrogens is 2. The molecule has 0 aliphatic rings. The van der Waals surface area contributed by atoms with Crippen LogP contribution in [0.2, 0.25) is 0 Å². The van der Waals surface area contributed by atoms with Crippen LogP contribution >= 0.6 is 11.3 Å². The maximum atomic E-state index is 10.3. The van der Waals surface area contributed by atoms with Crippen LogP contribution in [0, 0.1) is 0 Å². The van der Waals surface area contributed by atoms with E-state index in [9.17, 15) is 4.79 Å². The SMILES string of the molecule is Nc1nc(C=O)nc2ccsc12. The van der Waals surface area contributed by atoms with E-state index in [0.29, 0.717) is 12.1 Å². The number of anilines is 1. The lowest BCUT2D eigenvalue weighted by atomic mass is 10.4. The van der Waals surface area contributed by atoms with Gasteiger partial charge in [-0.3, -0.25) is 4.79 Å². The molecule has 0 saturated carbocycles. The van der Waals surface area contributed by atoms with Crippen LogP contribution in [0.4, 0.5) is 5.82 Å². The minimum Gasteiger partial charge on any atom is -0.382 e. The number of carbonyl (C=O) groups is 1. The predicted molar refractivity (Wildman–Crippen MR) is 47.2 cm³/mol. The number of thiophene rings is 1. The second kappa shape index (κ2) is 2.53. The van der Waals surface area contributed by atoms with E-state index < -0.39 is 0 Å². The van der Waals surface area contributed by atoms with Gasteiger partial charge < -0.3 is 5.73 Å². The van der Waals surface area contributed by atoms with E-state index in [0.717, 1.165) is 10.2 Å². The number of rotatable bonds is 1. The van der Waals surface area contributed by atoms with Gasteiger partial charge in [-0.05, 0) is 11.4 Å². The van der Waals surface area contributed by atoms with Gasteiger partial charge >= 0.3 is 0 Å². The van der Waals surface area contributed by atoms with Gasteiger partial charge in [0.05, 0.1) is 10.2 Å². The van der Waals surface area contributed by atoms with E-state index in [-0.39, 0.29) is 5.82 Å². The Labute approximate surface area is 72.1 Å². The first-order valence-electron chi connectivity index (χ1n) is 3.27. The fourth-order valence-corrected chi connectivity index (χ4v) is 1.69. The molecule has 60 valence electrons. The maximum Gasteiger partial charge on any atom is 0.195 e. The van der Waals surface area contributed by atoms with E-state index in [1.165, 1.54) is 11.3 Å². The highest BCUT2D eigenvalue weighted by Gasteiger charge is 2.04. The van der Waals surface area contributed by atoms with Crippen molar-refractivity contribution in [1.82, 2.24) is 9.97 Å². The Kier molecular flexibility index (Phi) is 1.51. The molecule has 2 aromatic heterocycles. The van der Waals surface area contributed by atoms with Crippen LogP contribution in [0.1, 0.15) is 10.6 Å². The fraction of sp³-hybridized carbons (Fsp3) is 0. The first kappa shape index (κ1) is 7.17. The molecule has 0 bridgehead atoms.